The number of carbonyl (C=O) groups is 1. The molecule has 1 fully saturated rings. The Bertz CT molecular complexity index is 525. The first-order chi connectivity index (χ1) is 10.1. The van der Waals surface area contributed by atoms with E-state index in [1.54, 1.807) is 18.2 Å². The van der Waals surface area contributed by atoms with Crippen molar-refractivity contribution in [2.75, 3.05) is 11.9 Å². The predicted octanol–water partition coefficient (Wildman–Crippen LogP) is 2.83. The van der Waals surface area contributed by atoms with Gasteiger partial charge in [0.15, 0.2) is 0 Å². The normalized spacial score (nSPS) is 17.2. The molecule has 6 nitrogen and oxygen atoms in total. The minimum Gasteiger partial charge on any atom is -0.330 e. The number of rotatable bonds is 5. The quantitative estimate of drug-likeness (QED) is 0.643. The van der Waals surface area contributed by atoms with E-state index in [9.17, 15) is 14.9 Å². The summed E-state index contributed by atoms with van der Waals surface area (Å²) < 4.78 is 0. The van der Waals surface area contributed by atoms with Gasteiger partial charge in [-0.3, -0.25) is 14.9 Å². The standard InChI is InChI=1S/C15H21N3O3/c16-11-15(8-4-1-5-9-15)10-14(19)17-12-6-2-3-7-13(12)18(20)21/h2-3,6-7H,1,4-5,8-11,16H2,(H,17,19). The van der Waals surface area contributed by atoms with E-state index in [2.05, 4.69) is 5.32 Å². The maximum absolute atomic E-state index is 12.2. The number of nitrogens with zero attached hydrogens (tertiary/aromatic N) is 1. The van der Waals surface area contributed by atoms with Gasteiger partial charge in [-0.2, -0.15) is 0 Å². The maximum atomic E-state index is 12.2. The molecule has 6 heteroatoms. The van der Waals surface area contributed by atoms with Crippen LogP contribution in [0.3, 0.4) is 0 Å². The van der Waals surface area contributed by atoms with E-state index in [0.717, 1.165) is 25.7 Å². The van der Waals surface area contributed by atoms with Gasteiger partial charge < -0.3 is 11.1 Å². The van der Waals surface area contributed by atoms with Gasteiger partial charge in [-0.1, -0.05) is 31.4 Å². The van der Waals surface area contributed by atoms with E-state index < -0.39 is 4.92 Å². The molecule has 0 bridgehead atoms. The molecule has 0 radical (unpaired) electrons. The van der Waals surface area contributed by atoms with Gasteiger partial charge in [0.1, 0.15) is 5.69 Å². The summed E-state index contributed by atoms with van der Waals surface area (Å²) in [5.41, 5.74) is 5.88. The average Bonchev–Trinajstić information content (AvgIpc) is 2.48. The van der Waals surface area contributed by atoms with Crippen LogP contribution in [0.5, 0.6) is 0 Å². The van der Waals surface area contributed by atoms with Gasteiger partial charge in [0.2, 0.25) is 5.91 Å². The van der Waals surface area contributed by atoms with Gasteiger partial charge >= 0.3 is 0 Å². The van der Waals surface area contributed by atoms with E-state index in [1.807, 2.05) is 0 Å². The summed E-state index contributed by atoms with van der Waals surface area (Å²) in [6.07, 6.45) is 5.61. The Morgan fingerprint density at radius 3 is 2.57 bits per heavy atom. The summed E-state index contributed by atoms with van der Waals surface area (Å²) in [5.74, 6) is -0.198. The van der Waals surface area contributed by atoms with Crippen molar-refractivity contribution >= 4 is 17.3 Å². The van der Waals surface area contributed by atoms with Crippen molar-refractivity contribution in [2.24, 2.45) is 11.1 Å². The number of nitro benzene ring substituents is 1. The van der Waals surface area contributed by atoms with Crippen molar-refractivity contribution in [3.8, 4) is 0 Å². The lowest BCUT2D eigenvalue weighted by molar-refractivity contribution is -0.383. The van der Waals surface area contributed by atoms with Gasteiger partial charge in [0, 0.05) is 12.5 Å². The smallest absolute Gasteiger partial charge is 0.292 e. The zero-order valence-corrected chi connectivity index (χ0v) is 12.0. The van der Waals surface area contributed by atoms with Crippen LogP contribution < -0.4 is 11.1 Å². The third kappa shape index (κ3) is 3.78. The second kappa shape index (κ2) is 6.67. The van der Waals surface area contributed by atoms with E-state index in [-0.39, 0.29) is 22.7 Å². The number of benzene rings is 1. The molecule has 21 heavy (non-hydrogen) atoms. The fourth-order valence-corrected chi connectivity index (χ4v) is 3.03. The number of carbonyl (C=O) groups excluding carboxylic acids is 1. The maximum Gasteiger partial charge on any atom is 0.292 e. The third-order valence-electron chi connectivity index (χ3n) is 4.26. The lowest BCUT2D eigenvalue weighted by atomic mass is 9.71. The summed E-state index contributed by atoms with van der Waals surface area (Å²) in [6, 6.07) is 6.18. The molecule has 2 rings (SSSR count). The molecule has 114 valence electrons. The highest BCUT2D eigenvalue weighted by atomic mass is 16.6. The molecule has 1 aliphatic rings. The van der Waals surface area contributed by atoms with Gasteiger partial charge in [0.25, 0.3) is 5.69 Å². The van der Waals surface area contributed by atoms with Gasteiger partial charge in [-0.25, -0.2) is 0 Å². The summed E-state index contributed by atoms with van der Waals surface area (Å²) in [7, 11) is 0. The molecule has 1 aromatic rings. The molecule has 0 saturated heterocycles. The Labute approximate surface area is 123 Å². The number of nitrogens with one attached hydrogen (secondary N) is 1. The van der Waals surface area contributed by atoms with E-state index in [0.29, 0.717) is 13.0 Å². The fraction of sp³-hybridized carbons (Fsp3) is 0.533. The lowest BCUT2D eigenvalue weighted by Gasteiger charge is -2.35. The highest BCUT2D eigenvalue weighted by Gasteiger charge is 2.33. The third-order valence-corrected chi connectivity index (χ3v) is 4.26. The number of nitro groups is 1. The van der Waals surface area contributed by atoms with Crippen molar-refractivity contribution in [3.63, 3.8) is 0 Å². The fourth-order valence-electron chi connectivity index (χ4n) is 3.03. The number of nitrogens with two attached hydrogens (primary N) is 1. The summed E-state index contributed by atoms with van der Waals surface area (Å²) in [6.45, 7) is 0.483. The largest absolute Gasteiger partial charge is 0.330 e. The van der Waals surface area contributed by atoms with Gasteiger partial charge in [-0.15, -0.1) is 0 Å². The summed E-state index contributed by atoms with van der Waals surface area (Å²) in [4.78, 5) is 22.7. The van der Waals surface area contributed by atoms with E-state index in [4.69, 9.17) is 5.73 Å². The molecule has 0 aliphatic heterocycles. The number of hydrogen-bond donors (Lipinski definition) is 2. The first-order valence-corrected chi connectivity index (χ1v) is 7.30. The van der Waals surface area contributed by atoms with Crippen molar-refractivity contribution in [1.29, 1.82) is 0 Å². The Morgan fingerprint density at radius 2 is 1.95 bits per heavy atom. The highest BCUT2D eigenvalue weighted by molar-refractivity contribution is 5.93. The number of para-hydroxylation sites is 2. The van der Waals surface area contributed by atoms with Crippen LogP contribution in [0.15, 0.2) is 24.3 Å². The second-order valence-electron chi connectivity index (χ2n) is 5.76. The van der Waals surface area contributed by atoms with Crippen molar-refractivity contribution in [1.82, 2.24) is 0 Å². The SMILES string of the molecule is NCC1(CC(=O)Nc2ccccc2[N+](=O)[O-])CCCCC1. The monoisotopic (exact) mass is 291 g/mol. The van der Waals surface area contributed by atoms with Crippen LogP contribution in [0, 0.1) is 15.5 Å². The van der Waals surface area contributed by atoms with Crippen LogP contribution >= 0.6 is 0 Å². The molecule has 1 aliphatic carbocycles. The van der Waals surface area contributed by atoms with Crippen molar-refractivity contribution in [3.05, 3.63) is 34.4 Å². The molecule has 1 saturated carbocycles. The summed E-state index contributed by atoms with van der Waals surface area (Å²) >= 11 is 0. The highest BCUT2D eigenvalue weighted by Crippen LogP contribution is 2.38. The van der Waals surface area contributed by atoms with Crippen LogP contribution in [-0.4, -0.2) is 17.4 Å². The van der Waals surface area contributed by atoms with Crippen LogP contribution in [0.25, 0.3) is 0 Å². The number of anilines is 1. The van der Waals surface area contributed by atoms with E-state index >= 15 is 0 Å². The van der Waals surface area contributed by atoms with Gasteiger partial charge in [-0.05, 0) is 30.9 Å². The molecule has 3 N–H and O–H groups in total. The van der Waals surface area contributed by atoms with Gasteiger partial charge in [0.05, 0.1) is 4.92 Å². The zero-order valence-electron chi connectivity index (χ0n) is 12.0. The van der Waals surface area contributed by atoms with E-state index in [1.165, 1.54) is 12.5 Å². The second-order valence-corrected chi connectivity index (χ2v) is 5.76. The molecule has 0 aromatic heterocycles. The number of amides is 1. The first kappa shape index (κ1) is 15.4. The zero-order chi connectivity index (χ0) is 15.3. The molecule has 1 amide bonds. The lowest BCUT2D eigenvalue weighted by Crippen LogP contribution is -2.36. The number of hydrogen-bond acceptors (Lipinski definition) is 4. The summed E-state index contributed by atoms with van der Waals surface area (Å²) in [5, 5.41) is 13.6. The van der Waals surface area contributed by atoms with Crippen LogP contribution in [0.4, 0.5) is 11.4 Å². The van der Waals surface area contributed by atoms with Crippen LogP contribution in [0.1, 0.15) is 38.5 Å². The van der Waals surface area contributed by atoms with Crippen LogP contribution in [0.2, 0.25) is 0 Å². The minimum atomic E-state index is -0.491. The Balaban J connectivity index is 2.06. The topological polar surface area (TPSA) is 98.3 Å². The van der Waals surface area contributed by atoms with Crippen molar-refractivity contribution in [2.45, 2.75) is 38.5 Å². The van der Waals surface area contributed by atoms with Crippen LogP contribution in [-0.2, 0) is 4.79 Å². The Kier molecular flexibility index (Phi) is 4.90. The Morgan fingerprint density at radius 1 is 1.29 bits per heavy atom. The molecule has 0 atom stereocenters. The molecule has 0 unspecified atom stereocenters. The molecule has 0 spiro atoms. The Hall–Kier alpha value is -1.95. The van der Waals surface area contributed by atoms with Crippen molar-refractivity contribution < 1.29 is 9.72 Å². The average molecular weight is 291 g/mol. The molecule has 0 heterocycles. The predicted molar refractivity (Wildman–Crippen MR) is 80.9 cm³/mol. The minimum absolute atomic E-state index is 0.0868. The molecular formula is C15H21N3O3. The first-order valence-electron chi connectivity index (χ1n) is 7.30. The molecular weight excluding hydrogens is 270 g/mol. The molecule has 1 aromatic carbocycles.